The Balaban J connectivity index is 2.38. The van der Waals surface area contributed by atoms with Gasteiger partial charge < -0.3 is 19.0 Å². The number of rotatable bonds is 4. The fourth-order valence-corrected chi connectivity index (χ4v) is 3.57. The molecule has 1 N–H and O–H groups in total. The van der Waals surface area contributed by atoms with E-state index in [1.165, 1.54) is 14.2 Å². The molecule has 0 bridgehead atoms. The Morgan fingerprint density at radius 1 is 1.04 bits per heavy atom. The zero-order valence-electron chi connectivity index (χ0n) is 15.0. The molecule has 0 radical (unpaired) electrons. The third-order valence-corrected chi connectivity index (χ3v) is 4.74. The Bertz CT molecular complexity index is 1330. The van der Waals surface area contributed by atoms with Crippen LogP contribution in [-0.2, 0) is 6.54 Å². The maximum atomic E-state index is 13.3. The molecule has 2 aromatic carbocycles. The number of para-hydroxylation sites is 1. The first-order valence-electron chi connectivity index (χ1n) is 8.44. The van der Waals surface area contributed by atoms with E-state index in [1.54, 1.807) is 22.8 Å². The van der Waals surface area contributed by atoms with Crippen LogP contribution in [0.15, 0.2) is 58.6 Å². The van der Waals surface area contributed by atoms with Gasteiger partial charge in [-0.1, -0.05) is 24.3 Å². The van der Waals surface area contributed by atoms with Crippen molar-refractivity contribution < 1.29 is 9.47 Å². The Morgan fingerprint density at radius 2 is 1.70 bits per heavy atom. The Labute approximate surface area is 154 Å². The first kappa shape index (κ1) is 16.9. The molecule has 27 heavy (non-hydrogen) atoms. The van der Waals surface area contributed by atoms with Crippen LogP contribution in [0.1, 0.15) is 0 Å². The molecule has 6 heteroatoms. The molecule has 0 atom stereocenters. The van der Waals surface area contributed by atoms with E-state index in [-0.39, 0.29) is 17.7 Å². The van der Waals surface area contributed by atoms with Crippen LogP contribution in [0.4, 0.5) is 0 Å². The number of allylic oxidation sites excluding steroid dienone is 1. The number of nitrogens with zero attached hydrogens (tertiary/aromatic N) is 1. The standard InChI is InChI=1S/C21H18N2O4/c1-4-9-23-19-12-7-5-6-8-15(12)22-20(24)18(19)13-10-16(26-2)17(27-3)11-14(13)21(23)25/h4-8,10-11H,1,9H2,2-3H3,(H,22,24). The highest BCUT2D eigenvalue weighted by Crippen LogP contribution is 2.34. The van der Waals surface area contributed by atoms with Crippen LogP contribution in [0.5, 0.6) is 11.5 Å². The van der Waals surface area contributed by atoms with E-state index in [0.29, 0.717) is 38.7 Å². The summed E-state index contributed by atoms with van der Waals surface area (Å²) in [5.74, 6) is 0.892. The first-order valence-corrected chi connectivity index (χ1v) is 8.44. The summed E-state index contributed by atoms with van der Waals surface area (Å²) in [6.45, 7) is 4.04. The summed E-state index contributed by atoms with van der Waals surface area (Å²) in [7, 11) is 3.03. The molecule has 0 aliphatic rings. The van der Waals surface area contributed by atoms with Gasteiger partial charge in [-0.2, -0.15) is 0 Å². The number of aromatic amines is 1. The number of nitrogens with one attached hydrogen (secondary N) is 1. The third-order valence-electron chi connectivity index (χ3n) is 4.74. The Hall–Kier alpha value is -3.54. The first-order chi connectivity index (χ1) is 13.1. The van der Waals surface area contributed by atoms with Gasteiger partial charge in [0.05, 0.1) is 36.0 Å². The molecule has 0 aliphatic carbocycles. The smallest absolute Gasteiger partial charge is 0.259 e. The van der Waals surface area contributed by atoms with E-state index in [0.717, 1.165) is 5.39 Å². The van der Waals surface area contributed by atoms with Crippen molar-refractivity contribution in [3.63, 3.8) is 0 Å². The maximum Gasteiger partial charge on any atom is 0.259 e. The lowest BCUT2D eigenvalue weighted by Gasteiger charge is -2.15. The second-order valence-corrected chi connectivity index (χ2v) is 6.18. The number of hydrogen-bond acceptors (Lipinski definition) is 4. The lowest BCUT2D eigenvalue weighted by atomic mass is 10.0. The molecular weight excluding hydrogens is 344 g/mol. The van der Waals surface area contributed by atoms with E-state index in [2.05, 4.69) is 11.6 Å². The predicted octanol–water partition coefficient (Wildman–Crippen LogP) is 3.20. The molecule has 0 saturated carbocycles. The monoisotopic (exact) mass is 362 g/mol. The summed E-state index contributed by atoms with van der Waals surface area (Å²) in [6.07, 6.45) is 1.64. The van der Waals surface area contributed by atoms with Crippen molar-refractivity contribution in [3.8, 4) is 11.5 Å². The minimum atomic E-state index is -0.265. The molecule has 0 amide bonds. The van der Waals surface area contributed by atoms with Crippen LogP contribution in [0.25, 0.3) is 32.6 Å². The van der Waals surface area contributed by atoms with Gasteiger partial charge in [0, 0.05) is 17.3 Å². The molecular formula is C21H18N2O4. The highest BCUT2D eigenvalue weighted by molar-refractivity contribution is 6.14. The number of hydrogen-bond donors (Lipinski definition) is 1. The van der Waals surface area contributed by atoms with Crippen molar-refractivity contribution in [2.75, 3.05) is 14.2 Å². The summed E-state index contributed by atoms with van der Waals surface area (Å²) in [5.41, 5.74) is 0.777. The zero-order valence-corrected chi connectivity index (χ0v) is 15.0. The fraction of sp³-hybridized carbons (Fsp3) is 0.143. The number of aromatic nitrogens is 2. The molecule has 0 aliphatic heterocycles. The van der Waals surface area contributed by atoms with E-state index in [9.17, 15) is 9.59 Å². The zero-order chi connectivity index (χ0) is 19.1. The van der Waals surface area contributed by atoms with Gasteiger partial charge in [-0.05, 0) is 18.2 Å². The predicted molar refractivity (Wildman–Crippen MR) is 107 cm³/mol. The van der Waals surface area contributed by atoms with Crippen molar-refractivity contribution in [2.45, 2.75) is 6.54 Å². The number of benzene rings is 2. The average Bonchev–Trinajstić information content (AvgIpc) is 2.69. The van der Waals surface area contributed by atoms with Crippen LogP contribution in [-0.4, -0.2) is 23.8 Å². The van der Waals surface area contributed by atoms with Crippen molar-refractivity contribution in [2.24, 2.45) is 0 Å². The van der Waals surface area contributed by atoms with E-state index in [1.807, 2.05) is 24.3 Å². The van der Waals surface area contributed by atoms with Crippen LogP contribution >= 0.6 is 0 Å². The van der Waals surface area contributed by atoms with Gasteiger partial charge in [-0.15, -0.1) is 6.58 Å². The number of H-pyrrole nitrogens is 1. The Morgan fingerprint density at radius 3 is 2.37 bits per heavy atom. The van der Waals surface area contributed by atoms with Crippen molar-refractivity contribution in [1.29, 1.82) is 0 Å². The van der Waals surface area contributed by atoms with Gasteiger partial charge in [0.25, 0.3) is 11.1 Å². The van der Waals surface area contributed by atoms with Crippen LogP contribution < -0.4 is 20.6 Å². The molecule has 0 unspecified atom stereocenters. The molecule has 6 nitrogen and oxygen atoms in total. The van der Waals surface area contributed by atoms with E-state index in [4.69, 9.17) is 9.47 Å². The minimum Gasteiger partial charge on any atom is -0.493 e. The molecule has 4 rings (SSSR count). The maximum absolute atomic E-state index is 13.3. The van der Waals surface area contributed by atoms with Gasteiger partial charge in [0.1, 0.15) is 0 Å². The summed E-state index contributed by atoms with van der Waals surface area (Å²) in [4.78, 5) is 29.1. The van der Waals surface area contributed by atoms with Crippen LogP contribution in [0.2, 0.25) is 0 Å². The lowest BCUT2D eigenvalue weighted by molar-refractivity contribution is 0.356. The fourth-order valence-electron chi connectivity index (χ4n) is 3.57. The number of fused-ring (bicyclic) bond motifs is 5. The molecule has 0 spiro atoms. The van der Waals surface area contributed by atoms with Gasteiger partial charge in [-0.3, -0.25) is 9.59 Å². The largest absolute Gasteiger partial charge is 0.493 e. The molecule has 136 valence electrons. The summed E-state index contributed by atoms with van der Waals surface area (Å²) in [5, 5.41) is 2.15. The molecule has 0 saturated heterocycles. The second kappa shape index (κ2) is 6.32. The van der Waals surface area contributed by atoms with E-state index >= 15 is 0 Å². The number of pyridine rings is 2. The van der Waals surface area contributed by atoms with E-state index < -0.39 is 0 Å². The number of methoxy groups -OCH3 is 2. The molecule has 2 heterocycles. The summed E-state index contributed by atoms with van der Waals surface area (Å²) < 4.78 is 12.3. The number of ether oxygens (including phenoxy) is 2. The van der Waals surface area contributed by atoms with Gasteiger partial charge >= 0.3 is 0 Å². The quantitative estimate of drug-likeness (QED) is 0.447. The van der Waals surface area contributed by atoms with Crippen LogP contribution in [0, 0.1) is 0 Å². The van der Waals surface area contributed by atoms with Gasteiger partial charge in [-0.25, -0.2) is 0 Å². The summed E-state index contributed by atoms with van der Waals surface area (Å²) >= 11 is 0. The SMILES string of the molecule is C=CCn1c(=O)c2cc(OC)c(OC)cc2c2c(=O)[nH]c3ccccc3c21. The normalized spacial score (nSPS) is 11.2. The topological polar surface area (TPSA) is 73.3 Å². The highest BCUT2D eigenvalue weighted by atomic mass is 16.5. The molecule has 0 fully saturated rings. The lowest BCUT2D eigenvalue weighted by Crippen LogP contribution is -2.23. The second-order valence-electron chi connectivity index (χ2n) is 6.18. The average molecular weight is 362 g/mol. The molecule has 2 aromatic heterocycles. The third kappa shape index (κ3) is 2.41. The van der Waals surface area contributed by atoms with Crippen molar-refractivity contribution >= 4 is 32.6 Å². The van der Waals surface area contributed by atoms with Crippen molar-refractivity contribution in [1.82, 2.24) is 9.55 Å². The van der Waals surface area contributed by atoms with Gasteiger partial charge in [0.15, 0.2) is 11.5 Å². The highest BCUT2D eigenvalue weighted by Gasteiger charge is 2.18. The van der Waals surface area contributed by atoms with Crippen molar-refractivity contribution in [3.05, 3.63) is 69.8 Å². The van der Waals surface area contributed by atoms with Gasteiger partial charge in [0.2, 0.25) is 0 Å². The van der Waals surface area contributed by atoms with Crippen LogP contribution in [0.3, 0.4) is 0 Å². The minimum absolute atomic E-state index is 0.214. The Kier molecular flexibility index (Phi) is 3.96. The summed E-state index contributed by atoms with van der Waals surface area (Å²) in [6, 6.07) is 10.7. The molecule has 4 aromatic rings.